The highest BCUT2D eigenvalue weighted by Gasteiger charge is 2.27. The van der Waals surface area contributed by atoms with Crippen molar-refractivity contribution in [3.8, 4) is 5.75 Å². The van der Waals surface area contributed by atoms with Crippen LogP contribution in [0.5, 0.6) is 5.75 Å². The van der Waals surface area contributed by atoms with Crippen molar-refractivity contribution < 1.29 is 18.7 Å². The highest BCUT2D eigenvalue weighted by atomic mass is 35.5. The number of rotatable bonds is 9. The molecule has 5 nitrogen and oxygen atoms in total. The first kappa shape index (κ1) is 23.7. The Bertz CT molecular complexity index is 881. The molecule has 0 spiro atoms. The van der Waals surface area contributed by atoms with Crippen molar-refractivity contribution in [1.82, 2.24) is 10.2 Å². The van der Waals surface area contributed by atoms with Crippen molar-refractivity contribution in [3.05, 3.63) is 63.9 Å². The maximum Gasteiger partial charge on any atom is 0.261 e. The number of carbonyl (C=O) groups excluding carboxylic acids is 2. The van der Waals surface area contributed by atoms with Crippen molar-refractivity contribution in [2.24, 2.45) is 0 Å². The van der Waals surface area contributed by atoms with Crippen molar-refractivity contribution in [1.29, 1.82) is 0 Å². The zero-order valence-electron chi connectivity index (χ0n) is 17.8. The second-order valence-corrected chi connectivity index (χ2v) is 7.62. The third-order valence-corrected chi connectivity index (χ3v) is 5.38. The number of benzene rings is 2. The van der Waals surface area contributed by atoms with Crippen molar-refractivity contribution in [2.45, 2.75) is 46.7 Å². The number of hydrogen-bond donors (Lipinski definition) is 1. The first-order valence-corrected chi connectivity index (χ1v) is 10.3. The van der Waals surface area contributed by atoms with Crippen LogP contribution in [-0.4, -0.2) is 35.9 Å². The number of aryl methyl sites for hydroxylation is 2. The lowest BCUT2D eigenvalue weighted by Gasteiger charge is -2.29. The van der Waals surface area contributed by atoms with Crippen LogP contribution in [0.4, 0.5) is 4.39 Å². The average Bonchev–Trinajstić information content (AvgIpc) is 2.72. The molecule has 2 aromatic rings. The molecule has 0 aliphatic carbocycles. The topological polar surface area (TPSA) is 58.6 Å². The molecule has 30 heavy (non-hydrogen) atoms. The molecule has 1 N–H and O–H groups in total. The third kappa shape index (κ3) is 6.20. The standard InChI is InChI=1S/C23H28ClFN2O3/c1-5-10-26-23(29)17(4)27(13-18-8-6-7-9-20(18)25)21(28)14-30-19-11-15(2)22(24)16(3)12-19/h6-9,11-12,17H,5,10,13-14H2,1-4H3,(H,26,29)/t17-/m0/s1. The Hall–Kier alpha value is -2.60. The van der Waals surface area contributed by atoms with E-state index in [1.54, 1.807) is 37.3 Å². The Morgan fingerprint density at radius 2 is 1.83 bits per heavy atom. The third-order valence-electron chi connectivity index (χ3n) is 4.79. The Labute approximate surface area is 182 Å². The highest BCUT2D eigenvalue weighted by Crippen LogP contribution is 2.26. The monoisotopic (exact) mass is 434 g/mol. The van der Waals surface area contributed by atoms with E-state index in [-0.39, 0.29) is 19.1 Å². The smallest absolute Gasteiger partial charge is 0.261 e. The van der Waals surface area contributed by atoms with E-state index in [4.69, 9.17) is 16.3 Å². The van der Waals surface area contributed by atoms with Crippen LogP contribution in [-0.2, 0) is 16.1 Å². The summed E-state index contributed by atoms with van der Waals surface area (Å²) in [5.74, 6) is -0.625. The minimum atomic E-state index is -0.777. The normalized spacial score (nSPS) is 11.7. The largest absolute Gasteiger partial charge is 0.484 e. The second kappa shape index (κ2) is 11.0. The molecule has 0 heterocycles. The molecule has 0 unspecified atom stereocenters. The Kier molecular flexibility index (Phi) is 8.66. The molecule has 0 bridgehead atoms. The fourth-order valence-electron chi connectivity index (χ4n) is 3.01. The van der Waals surface area contributed by atoms with Crippen molar-refractivity contribution >= 4 is 23.4 Å². The van der Waals surface area contributed by atoms with Crippen LogP contribution in [0.3, 0.4) is 0 Å². The van der Waals surface area contributed by atoms with Gasteiger partial charge in [0, 0.05) is 23.7 Å². The summed E-state index contributed by atoms with van der Waals surface area (Å²) in [6, 6.07) is 8.92. The van der Waals surface area contributed by atoms with Gasteiger partial charge in [-0.3, -0.25) is 9.59 Å². The molecule has 0 aliphatic heterocycles. The van der Waals surface area contributed by atoms with Crippen LogP contribution in [0, 0.1) is 19.7 Å². The van der Waals surface area contributed by atoms with Gasteiger partial charge < -0.3 is 15.0 Å². The molecule has 0 saturated carbocycles. The van der Waals surface area contributed by atoms with Crippen LogP contribution in [0.15, 0.2) is 36.4 Å². The summed E-state index contributed by atoms with van der Waals surface area (Å²) in [6.07, 6.45) is 0.776. The van der Waals surface area contributed by atoms with E-state index in [1.165, 1.54) is 11.0 Å². The number of halogens is 2. The Balaban J connectivity index is 2.18. The van der Waals surface area contributed by atoms with E-state index in [1.807, 2.05) is 20.8 Å². The fraction of sp³-hybridized carbons (Fsp3) is 0.391. The number of ether oxygens (including phenoxy) is 1. The van der Waals surface area contributed by atoms with Crippen molar-refractivity contribution in [3.63, 3.8) is 0 Å². The van der Waals surface area contributed by atoms with Gasteiger partial charge in [-0.2, -0.15) is 0 Å². The number of nitrogens with one attached hydrogen (secondary N) is 1. The van der Waals surface area contributed by atoms with Gasteiger partial charge in [-0.15, -0.1) is 0 Å². The number of amides is 2. The Morgan fingerprint density at radius 3 is 2.43 bits per heavy atom. The van der Waals surface area contributed by atoms with Gasteiger partial charge in [-0.25, -0.2) is 4.39 Å². The van der Waals surface area contributed by atoms with Crippen LogP contribution < -0.4 is 10.1 Å². The predicted octanol–water partition coefficient (Wildman–Crippen LogP) is 4.42. The highest BCUT2D eigenvalue weighted by molar-refractivity contribution is 6.32. The lowest BCUT2D eigenvalue weighted by Crippen LogP contribution is -2.49. The predicted molar refractivity (Wildman–Crippen MR) is 116 cm³/mol. The SMILES string of the molecule is CCCNC(=O)[C@H](C)N(Cc1ccccc1F)C(=O)COc1cc(C)c(Cl)c(C)c1. The van der Waals surface area contributed by atoms with Gasteiger partial charge in [0.25, 0.3) is 5.91 Å². The van der Waals surface area contributed by atoms with E-state index in [2.05, 4.69) is 5.32 Å². The molecule has 2 rings (SSSR count). The molecule has 162 valence electrons. The van der Waals surface area contributed by atoms with Crippen molar-refractivity contribution in [2.75, 3.05) is 13.2 Å². The molecule has 0 aliphatic rings. The molecule has 0 fully saturated rings. The van der Waals surface area contributed by atoms with E-state index in [9.17, 15) is 14.0 Å². The lowest BCUT2D eigenvalue weighted by atomic mass is 10.1. The Morgan fingerprint density at radius 1 is 1.20 bits per heavy atom. The number of nitrogens with zero attached hydrogens (tertiary/aromatic N) is 1. The first-order chi connectivity index (χ1) is 14.2. The molecule has 1 atom stereocenters. The zero-order chi connectivity index (χ0) is 22.3. The fourth-order valence-corrected chi connectivity index (χ4v) is 3.12. The van der Waals surface area contributed by atoms with Gasteiger partial charge in [0.2, 0.25) is 5.91 Å². The van der Waals surface area contributed by atoms with E-state index in [0.717, 1.165) is 17.5 Å². The molecule has 2 aromatic carbocycles. The van der Waals surface area contributed by atoms with Gasteiger partial charge in [-0.1, -0.05) is 36.7 Å². The number of hydrogen-bond acceptors (Lipinski definition) is 3. The maximum absolute atomic E-state index is 14.2. The van der Waals surface area contributed by atoms with Gasteiger partial charge in [0.05, 0.1) is 0 Å². The summed E-state index contributed by atoms with van der Waals surface area (Å²) in [5, 5.41) is 3.43. The molecule has 2 amide bonds. The van der Waals surface area contributed by atoms with Crippen LogP contribution in [0.2, 0.25) is 5.02 Å². The van der Waals surface area contributed by atoms with Gasteiger partial charge in [-0.05, 0) is 56.5 Å². The molecule has 7 heteroatoms. The average molecular weight is 435 g/mol. The number of carbonyl (C=O) groups is 2. The summed E-state index contributed by atoms with van der Waals surface area (Å²) >= 11 is 6.18. The summed E-state index contributed by atoms with van der Waals surface area (Å²) in [4.78, 5) is 26.8. The van der Waals surface area contributed by atoms with E-state index >= 15 is 0 Å². The molecular formula is C23H28ClFN2O3. The van der Waals surface area contributed by atoms with Gasteiger partial charge >= 0.3 is 0 Å². The molecular weight excluding hydrogens is 407 g/mol. The van der Waals surface area contributed by atoms with Gasteiger partial charge in [0.1, 0.15) is 17.6 Å². The van der Waals surface area contributed by atoms with Crippen LogP contribution >= 0.6 is 11.6 Å². The van der Waals surface area contributed by atoms with E-state index < -0.39 is 17.8 Å². The van der Waals surface area contributed by atoms with Gasteiger partial charge in [0.15, 0.2) is 6.61 Å². The molecule has 0 aromatic heterocycles. The minimum Gasteiger partial charge on any atom is -0.484 e. The summed E-state index contributed by atoms with van der Waals surface area (Å²) in [5.41, 5.74) is 2.02. The molecule has 0 saturated heterocycles. The minimum absolute atomic E-state index is 0.0335. The lowest BCUT2D eigenvalue weighted by molar-refractivity contribution is -0.142. The van der Waals surface area contributed by atoms with Crippen LogP contribution in [0.25, 0.3) is 0 Å². The van der Waals surface area contributed by atoms with E-state index in [0.29, 0.717) is 22.9 Å². The second-order valence-electron chi connectivity index (χ2n) is 7.24. The zero-order valence-corrected chi connectivity index (χ0v) is 18.6. The summed E-state index contributed by atoms with van der Waals surface area (Å²) in [7, 11) is 0. The maximum atomic E-state index is 14.2. The summed E-state index contributed by atoms with van der Waals surface area (Å²) < 4.78 is 19.8. The summed E-state index contributed by atoms with van der Waals surface area (Å²) in [6.45, 7) is 7.47. The van der Waals surface area contributed by atoms with Crippen LogP contribution in [0.1, 0.15) is 37.0 Å². The quantitative estimate of drug-likeness (QED) is 0.635. The first-order valence-electron chi connectivity index (χ1n) is 9.94. The molecule has 0 radical (unpaired) electrons.